The molecule has 4 N–H and O–H groups in total. The average Bonchev–Trinajstić information content (AvgIpc) is 2.49. The van der Waals surface area contributed by atoms with Crippen LogP contribution in [0, 0.1) is 0 Å². The molecule has 1 amide bonds. The van der Waals surface area contributed by atoms with E-state index in [9.17, 15) is 4.79 Å². The Morgan fingerprint density at radius 3 is 3.33 bits per heavy atom. The number of epoxide rings is 1. The van der Waals surface area contributed by atoms with E-state index in [1.54, 1.807) is 0 Å². The second-order valence-corrected chi connectivity index (χ2v) is 2.74. The third-order valence-corrected chi connectivity index (χ3v) is 2.05. The van der Waals surface area contributed by atoms with Gasteiger partial charge in [-0.3, -0.25) is 14.8 Å². The maximum atomic E-state index is 11.3. The summed E-state index contributed by atoms with van der Waals surface area (Å²) < 4.78 is 5.08. The third kappa shape index (κ3) is 0.385. The van der Waals surface area contributed by atoms with Gasteiger partial charge in [-0.15, -0.1) is 0 Å². The predicted molar refractivity (Wildman–Crippen MR) is 37.9 cm³/mol. The molecule has 0 bridgehead atoms. The van der Waals surface area contributed by atoms with Crippen molar-refractivity contribution in [3.05, 3.63) is 0 Å². The first-order valence-electron chi connectivity index (χ1n) is 3.37. The van der Waals surface area contributed by atoms with E-state index in [2.05, 4.69) is 20.6 Å². The standard InChI is InChI=1S/C5H5N5O2/c6-3-9-2(11)4-5(10-3,12-4)8-1-7-4/h1H,(H,7,8)(H3,6,9,10,11). The highest BCUT2D eigenvalue weighted by molar-refractivity contribution is 6.06. The molecule has 0 saturated carbocycles. The number of hydrogen-bond donors (Lipinski definition) is 3. The van der Waals surface area contributed by atoms with E-state index >= 15 is 0 Å². The maximum Gasteiger partial charge on any atom is 0.316 e. The Bertz CT molecular complexity index is 350. The first kappa shape index (κ1) is 5.95. The number of nitrogens with two attached hydrogens (primary N) is 1. The molecule has 7 nitrogen and oxygen atoms in total. The number of carbonyl (C=O) groups excluding carboxylic acids is 1. The number of carbonyl (C=O) groups is 1. The summed E-state index contributed by atoms with van der Waals surface area (Å²) in [5, 5.41) is 5.06. The lowest BCUT2D eigenvalue weighted by atomic mass is 10.2. The summed E-state index contributed by atoms with van der Waals surface area (Å²) in [6.07, 6.45) is 1.39. The molecule has 3 heterocycles. The molecule has 0 radical (unpaired) electrons. The van der Waals surface area contributed by atoms with Crippen LogP contribution in [-0.2, 0) is 9.53 Å². The van der Waals surface area contributed by atoms with Crippen molar-refractivity contribution in [3.63, 3.8) is 0 Å². The first-order valence-corrected chi connectivity index (χ1v) is 3.37. The minimum absolute atomic E-state index is 0.0473. The molecule has 12 heavy (non-hydrogen) atoms. The predicted octanol–water partition coefficient (Wildman–Crippen LogP) is -2.56. The van der Waals surface area contributed by atoms with Crippen LogP contribution in [0.25, 0.3) is 0 Å². The summed E-state index contributed by atoms with van der Waals surface area (Å²) in [4.78, 5) is 19.0. The molecule has 3 rings (SSSR count). The zero-order valence-corrected chi connectivity index (χ0v) is 5.87. The van der Waals surface area contributed by atoms with Crippen LogP contribution in [0.4, 0.5) is 0 Å². The van der Waals surface area contributed by atoms with Crippen molar-refractivity contribution in [2.75, 3.05) is 0 Å². The fraction of sp³-hybridized carbons (Fsp3) is 0.400. The lowest BCUT2D eigenvalue weighted by molar-refractivity contribution is -0.124. The lowest BCUT2D eigenvalue weighted by Gasteiger charge is -2.13. The molecule has 0 aromatic rings. The maximum absolute atomic E-state index is 11.3. The van der Waals surface area contributed by atoms with Crippen molar-refractivity contribution < 1.29 is 9.53 Å². The number of nitrogens with zero attached hydrogens (tertiary/aromatic N) is 2. The van der Waals surface area contributed by atoms with Crippen molar-refractivity contribution >= 4 is 18.2 Å². The Labute approximate surface area is 66.7 Å². The smallest absolute Gasteiger partial charge is 0.316 e. The molecular formula is C5H5N5O2. The van der Waals surface area contributed by atoms with Crippen molar-refractivity contribution in [3.8, 4) is 0 Å². The lowest BCUT2D eigenvalue weighted by Crippen LogP contribution is -2.52. The molecular weight excluding hydrogens is 162 g/mol. The Morgan fingerprint density at radius 2 is 2.50 bits per heavy atom. The molecule has 3 aliphatic rings. The van der Waals surface area contributed by atoms with Crippen molar-refractivity contribution in [1.29, 1.82) is 0 Å². The highest BCUT2D eigenvalue weighted by Gasteiger charge is 2.81. The molecule has 2 unspecified atom stereocenters. The molecule has 62 valence electrons. The topological polar surface area (TPSA) is 104 Å². The van der Waals surface area contributed by atoms with Crippen molar-refractivity contribution in [2.45, 2.75) is 11.6 Å². The van der Waals surface area contributed by atoms with E-state index in [1.807, 2.05) is 0 Å². The summed E-state index contributed by atoms with van der Waals surface area (Å²) in [7, 11) is 0. The van der Waals surface area contributed by atoms with Gasteiger partial charge in [0.25, 0.3) is 5.91 Å². The van der Waals surface area contributed by atoms with Gasteiger partial charge >= 0.3 is 11.6 Å². The Kier molecular flexibility index (Phi) is 0.650. The van der Waals surface area contributed by atoms with E-state index in [0.29, 0.717) is 0 Å². The molecule has 0 spiro atoms. The van der Waals surface area contributed by atoms with E-state index in [4.69, 9.17) is 10.5 Å². The highest BCUT2D eigenvalue weighted by atomic mass is 16.7. The summed E-state index contributed by atoms with van der Waals surface area (Å²) in [6, 6.07) is 0. The van der Waals surface area contributed by atoms with Gasteiger partial charge in [-0.25, -0.2) is 4.99 Å². The van der Waals surface area contributed by atoms with Gasteiger partial charge in [-0.2, -0.15) is 4.99 Å². The number of nitrogens with one attached hydrogen (secondary N) is 2. The number of aliphatic imine (C=N–C) groups is 2. The van der Waals surface area contributed by atoms with Crippen LogP contribution < -0.4 is 16.4 Å². The zero-order chi connectivity index (χ0) is 8.40. The number of hydrogen-bond acceptors (Lipinski definition) is 6. The number of amides is 1. The summed E-state index contributed by atoms with van der Waals surface area (Å²) in [5.74, 6) is -1.37. The van der Waals surface area contributed by atoms with Crippen LogP contribution >= 0.6 is 0 Å². The average molecular weight is 167 g/mol. The molecule has 1 saturated heterocycles. The molecule has 0 aromatic heterocycles. The number of rotatable bonds is 0. The van der Waals surface area contributed by atoms with Gasteiger partial charge in [0.15, 0.2) is 5.96 Å². The van der Waals surface area contributed by atoms with Crippen LogP contribution in [0.5, 0.6) is 0 Å². The molecule has 2 atom stereocenters. The summed E-state index contributed by atoms with van der Waals surface area (Å²) in [6.45, 7) is 0. The number of ether oxygens (including phenoxy) is 1. The monoisotopic (exact) mass is 167 g/mol. The van der Waals surface area contributed by atoms with Crippen LogP contribution in [0.3, 0.4) is 0 Å². The SMILES string of the molecule is NC1=NC23NC=NC2(O3)C(=O)N1. The summed E-state index contributed by atoms with van der Waals surface area (Å²) >= 11 is 0. The highest BCUT2D eigenvalue weighted by Crippen LogP contribution is 2.51. The largest absolute Gasteiger partial charge is 0.369 e. The van der Waals surface area contributed by atoms with Crippen LogP contribution in [0.1, 0.15) is 0 Å². The van der Waals surface area contributed by atoms with Crippen molar-refractivity contribution in [2.24, 2.45) is 15.7 Å². The molecule has 0 aromatic carbocycles. The van der Waals surface area contributed by atoms with Crippen LogP contribution in [0.2, 0.25) is 0 Å². The molecule has 1 fully saturated rings. The van der Waals surface area contributed by atoms with Crippen molar-refractivity contribution in [1.82, 2.24) is 10.6 Å². The van der Waals surface area contributed by atoms with Gasteiger partial charge < -0.3 is 11.1 Å². The minimum Gasteiger partial charge on any atom is -0.369 e. The van der Waals surface area contributed by atoms with Gasteiger partial charge in [0.05, 0.1) is 6.34 Å². The van der Waals surface area contributed by atoms with Gasteiger partial charge in [0.1, 0.15) is 0 Å². The Hall–Kier alpha value is -1.63. The molecule has 3 aliphatic heterocycles. The molecule has 7 heteroatoms. The fourth-order valence-corrected chi connectivity index (χ4v) is 1.43. The van der Waals surface area contributed by atoms with Crippen LogP contribution in [-0.4, -0.2) is 29.8 Å². The second kappa shape index (κ2) is 1.31. The Balaban J connectivity index is 2.17. The van der Waals surface area contributed by atoms with E-state index in [0.717, 1.165) is 0 Å². The quantitative estimate of drug-likeness (QED) is 0.345. The van der Waals surface area contributed by atoms with Gasteiger partial charge in [0, 0.05) is 0 Å². The van der Waals surface area contributed by atoms with E-state index in [1.165, 1.54) is 6.34 Å². The third-order valence-electron chi connectivity index (χ3n) is 2.05. The van der Waals surface area contributed by atoms with Gasteiger partial charge in [-0.05, 0) is 0 Å². The van der Waals surface area contributed by atoms with E-state index in [-0.39, 0.29) is 11.9 Å². The number of guanidine groups is 1. The second-order valence-electron chi connectivity index (χ2n) is 2.74. The Morgan fingerprint density at radius 1 is 1.67 bits per heavy atom. The van der Waals surface area contributed by atoms with Gasteiger partial charge in [0.2, 0.25) is 0 Å². The molecule has 0 aliphatic carbocycles. The zero-order valence-electron chi connectivity index (χ0n) is 5.87. The van der Waals surface area contributed by atoms with E-state index < -0.39 is 11.6 Å². The summed E-state index contributed by atoms with van der Waals surface area (Å²) in [5.41, 5.74) is 4.15. The minimum atomic E-state index is -1.18. The fourth-order valence-electron chi connectivity index (χ4n) is 1.43. The van der Waals surface area contributed by atoms with Crippen LogP contribution in [0.15, 0.2) is 9.98 Å². The normalized spacial score (nSPS) is 47.0. The first-order chi connectivity index (χ1) is 5.69. The van der Waals surface area contributed by atoms with Gasteiger partial charge in [-0.1, -0.05) is 0 Å².